The van der Waals surface area contributed by atoms with Gasteiger partial charge in [0.15, 0.2) is 0 Å². The number of ether oxygens (including phenoxy) is 1. The molecule has 5 heteroatoms. The average molecular weight is 215 g/mol. The van der Waals surface area contributed by atoms with Crippen LogP contribution in [0.1, 0.15) is 20.3 Å². The van der Waals surface area contributed by atoms with Crippen molar-refractivity contribution in [3.8, 4) is 0 Å². The molecule has 0 aliphatic carbocycles. The second kappa shape index (κ2) is 6.06. The van der Waals surface area contributed by atoms with Gasteiger partial charge in [0.25, 0.3) is 0 Å². The molecule has 0 aromatic heterocycles. The first-order valence-corrected chi connectivity index (χ1v) is 4.61. The van der Waals surface area contributed by atoms with Crippen LogP contribution < -0.4 is 5.32 Å². The minimum absolute atomic E-state index is 0.00522. The van der Waals surface area contributed by atoms with Gasteiger partial charge in [0.05, 0.1) is 6.42 Å². The van der Waals surface area contributed by atoms with E-state index in [2.05, 4.69) is 16.6 Å². The van der Waals surface area contributed by atoms with Crippen LogP contribution in [0.25, 0.3) is 0 Å². The number of carboxylic acid groups (broad SMARTS) is 1. The summed E-state index contributed by atoms with van der Waals surface area (Å²) in [7, 11) is 0. The number of carboxylic acids is 1. The van der Waals surface area contributed by atoms with Gasteiger partial charge in [-0.3, -0.25) is 4.79 Å². The van der Waals surface area contributed by atoms with E-state index in [1.807, 2.05) is 0 Å². The molecular weight excluding hydrogens is 198 g/mol. The van der Waals surface area contributed by atoms with E-state index in [9.17, 15) is 9.59 Å². The number of hydrogen-bond donors (Lipinski definition) is 2. The van der Waals surface area contributed by atoms with Crippen molar-refractivity contribution in [3.63, 3.8) is 0 Å². The zero-order valence-corrected chi connectivity index (χ0v) is 9.08. The third-order valence-electron chi connectivity index (χ3n) is 1.67. The van der Waals surface area contributed by atoms with Crippen LogP contribution in [0.4, 0.5) is 4.79 Å². The quantitative estimate of drug-likeness (QED) is 0.657. The fourth-order valence-electron chi connectivity index (χ4n) is 0.969. The summed E-state index contributed by atoms with van der Waals surface area (Å²) in [5.74, 6) is -0.888. The van der Waals surface area contributed by atoms with Gasteiger partial charge in [0.1, 0.15) is 6.61 Å². The zero-order chi connectivity index (χ0) is 11.9. The van der Waals surface area contributed by atoms with E-state index in [-0.39, 0.29) is 19.6 Å². The van der Waals surface area contributed by atoms with Crippen molar-refractivity contribution in [3.05, 3.63) is 12.7 Å². The summed E-state index contributed by atoms with van der Waals surface area (Å²) >= 11 is 0. The fraction of sp³-hybridized carbons (Fsp3) is 0.600. The van der Waals surface area contributed by atoms with Crippen molar-refractivity contribution >= 4 is 12.1 Å². The molecule has 1 amide bonds. The normalized spacial score (nSPS) is 10.5. The Labute approximate surface area is 89.1 Å². The van der Waals surface area contributed by atoms with Crippen LogP contribution in [0, 0.1) is 5.41 Å². The van der Waals surface area contributed by atoms with E-state index in [0.29, 0.717) is 0 Å². The summed E-state index contributed by atoms with van der Waals surface area (Å²) < 4.78 is 4.68. The van der Waals surface area contributed by atoms with Crippen LogP contribution in [-0.2, 0) is 9.53 Å². The van der Waals surface area contributed by atoms with E-state index in [4.69, 9.17) is 5.11 Å². The monoisotopic (exact) mass is 215 g/mol. The van der Waals surface area contributed by atoms with Crippen LogP contribution in [0.15, 0.2) is 12.7 Å². The van der Waals surface area contributed by atoms with E-state index >= 15 is 0 Å². The smallest absolute Gasteiger partial charge is 0.407 e. The molecule has 0 radical (unpaired) electrons. The van der Waals surface area contributed by atoms with Crippen molar-refractivity contribution < 1.29 is 19.4 Å². The first-order chi connectivity index (χ1) is 6.87. The molecule has 2 N–H and O–H groups in total. The summed E-state index contributed by atoms with van der Waals surface area (Å²) in [6, 6.07) is 0. The maximum atomic E-state index is 11.0. The Kier molecular flexibility index (Phi) is 5.44. The lowest BCUT2D eigenvalue weighted by molar-refractivity contribution is -0.139. The molecule has 15 heavy (non-hydrogen) atoms. The van der Waals surface area contributed by atoms with E-state index in [1.165, 1.54) is 6.08 Å². The van der Waals surface area contributed by atoms with Gasteiger partial charge in [0.2, 0.25) is 0 Å². The third kappa shape index (κ3) is 7.54. The molecule has 86 valence electrons. The molecule has 0 aromatic rings. The van der Waals surface area contributed by atoms with Gasteiger partial charge in [-0.2, -0.15) is 0 Å². The van der Waals surface area contributed by atoms with E-state index in [1.54, 1.807) is 13.8 Å². The number of aliphatic carboxylic acids is 1. The van der Waals surface area contributed by atoms with Gasteiger partial charge in [-0.25, -0.2) is 4.79 Å². The van der Waals surface area contributed by atoms with Gasteiger partial charge < -0.3 is 15.2 Å². The maximum absolute atomic E-state index is 11.0. The lowest BCUT2D eigenvalue weighted by Crippen LogP contribution is -2.35. The largest absolute Gasteiger partial charge is 0.481 e. The summed E-state index contributed by atoms with van der Waals surface area (Å²) in [5.41, 5.74) is -0.487. The topological polar surface area (TPSA) is 75.6 Å². The highest BCUT2D eigenvalue weighted by Crippen LogP contribution is 2.18. The molecule has 0 aliphatic rings. The Morgan fingerprint density at radius 3 is 2.60 bits per heavy atom. The standard InChI is InChI=1S/C10H17NO4/c1-4-5-15-9(14)11-7-10(2,3)6-8(12)13/h4H,1,5-7H2,2-3H3,(H,11,14)(H,12,13). The van der Waals surface area contributed by atoms with Gasteiger partial charge in [0, 0.05) is 6.54 Å². The molecule has 5 nitrogen and oxygen atoms in total. The Balaban J connectivity index is 3.86. The predicted octanol–water partition coefficient (Wildman–Crippen LogP) is 1.40. The van der Waals surface area contributed by atoms with Crippen molar-refractivity contribution in [1.82, 2.24) is 5.32 Å². The second-order valence-electron chi connectivity index (χ2n) is 3.98. The number of rotatable bonds is 6. The van der Waals surface area contributed by atoms with E-state index in [0.717, 1.165) is 0 Å². The molecule has 0 bridgehead atoms. The molecule has 0 spiro atoms. The summed E-state index contributed by atoms with van der Waals surface area (Å²) in [4.78, 5) is 21.5. The van der Waals surface area contributed by atoms with Gasteiger partial charge in [-0.05, 0) is 5.41 Å². The molecule has 0 aliphatic heterocycles. The number of nitrogens with one attached hydrogen (secondary N) is 1. The highest BCUT2D eigenvalue weighted by Gasteiger charge is 2.22. The predicted molar refractivity (Wildman–Crippen MR) is 55.6 cm³/mol. The highest BCUT2D eigenvalue weighted by molar-refractivity contribution is 5.69. The number of alkyl carbamates (subject to hydrolysis) is 1. The van der Waals surface area contributed by atoms with Crippen LogP contribution in [-0.4, -0.2) is 30.3 Å². The minimum atomic E-state index is -0.888. The molecule has 0 rings (SSSR count). The number of amides is 1. The van der Waals surface area contributed by atoms with Crippen molar-refractivity contribution in [2.24, 2.45) is 5.41 Å². The molecule has 0 saturated carbocycles. The fourth-order valence-corrected chi connectivity index (χ4v) is 0.969. The summed E-state index contributed by atoms with van der Waals surface area (Å²) in [6.45, 7) is 7.32. The highest BCUT2D eigenvalue weighted by atomic mass is 16.5. The van der Waals surface area contributed by atoms with Crippen LogP contribution >= 0.6 is 0 Å². The lowest BCUT2D eigenvalue weighted by Gasteiger charge is -2.22. The SMILES string of the molecule is C=CCOC(=O)NCC(C)(C)CC(=O)O. The minimum Gasteiger partial charge on any atom is -0.481 e. The van der Waals surface area contributed by atoms with Crippen molar-refractivity contribution in [2.45, 2.75) is 20.3 Å². The molecule has 0 unspecified atom stereocenters. The molecule has 0 saturated heterocycles. The number of carbonyl (C=O) groups is 2. The first-order valence-electron chi connectivity index (χ1n) is 4.61. The Morgan fingerprint density at radius 2 is 2.13 bits per heavy atom. The second-order valence-corrected chi connectivity index (χ2v) is 3.98. The first kappa shape index (κ1) is 13.5. The van der Waals surface area contributed by atoms with Crippen LogP contribution in [0.3, 0.4) is 0 Å². The molecule has 0 atom stereocenters. The molecular formula is C10H17NO4. The molecule has 0 heterocycles. The molecule has 0 aromatic carbocycles. The Hall–Kier alpha value is -1.52. The zero-order valence-electron chi connectivity index (χ0n) is 9.08. The van der Waals surface area contributed by atoms with Gasteiger partial charge >= 0.3 is 12.1 Å². The summed E-state index contributed by atoms with van der Waals surface area (Å²) in [5, 5.41) is 11.1. The van der Waals surface area contributed by atoms with Gasteiger partial charge in [-0.15, -0.1) is 0 Å². The average Bonchev–Trinajstić information content (AvgIpc) is 2.09. The maximum Gasteiger partial charge on any atom is 0.407 e. The van der Waals surface area contributed by atoms with Gasteiger partial charge in [-0.1, -0.05) is 26.5 Å². The molecule has 0 fully saturated rings. The third-order valence-corrected chi connectivity index (χ3v) is 1.67. The van der Waals surface area contributed by atoms with Crippen molar-refractivity contribution in [2.75, 3.05) is 13.2 Å². The lowest BCUT2D eigenvalue weighted by atomic mass is 9.89. The van der Waals surface area contributed by atoms with Crippen molar-refractivity contribution in [1.29, 1.82) is 0 Å². The Bertz CT molecular complexity index is 248. The van der Waals surface area contributed by atoms with Crippen LogP contribution in [0.2, 0.25) is 0 Å². The number of carbonyl (C=O) groups excluding carboxylic acids is 1. The number of hydrogen-bond acceptors (Lipinski definition) is 3. The summed E-state index contributed by atoms with van der Waals surface area (Å²) in [6.07, 6.45) is 0.893. The Morgan fingerprint density at radius 1 is 1.53 bits per heavy atom. The van der Waals surface area contributed by atoms with Crippen LogP contribution in [0.5, 0.6) is 0 Å². The van der Waals surface area contributed by atoms with E-state index < -0.39 is 17.5 Å².